The van der Waals surface area contributed by atoms with Crippen molar-refractivity contribution < 1.29 is 19.2 Å². The molecule has 1 aromatic rings. The number of thiophene rings is 1. The Hall–Kier alpha value is -2.22. The number of hydrogen-bond donors (Lipinski definition) is 2. The third-order valence-electron chi connectivity index (χ3n) is 3.03. The molecule has 2 heterocycles. The SMILES string of the molecule is CN(CC(=O)NC1CCC(=O)NC1=O)C(=O)c1cccs1. The van der Waals surface area contributed by atoms with Crippen LogP contribution in [0.25, 0.3) is 0 Å². The molecule has 21 heavy (non-hydrogen) atoms. The van der Waals surface area contributed by atoms with Gasteiger partial charge in [0.2, 0.25) is 17.7 Å². The first kappa shape index (κ1) is 15.2. The summed E-state index contributed by atoms with van der Waals surface area (Å²) >= 11 is 1.30. The molecule has 4 amide bonds. The van der Waals surface area contributed by atoms with Crippen molar-refractivity contribution in [2.75, 3.05) is 13.6 Å². The van der Waals surface area contributed by atoms with Crippen molar-refractivity contribution in [3.8, 4) is 0 Å². The summed E-state index contributed by atoms with van der Waals surface area (Å²) < 4.78 is 0. The summed E-state index contributed by atoms with van der Waals surface area (Å²) in [7, 11) is 1.52. The van der Waals surface area contributed by atoms with Crippen molar-refractivity contribution in [3.63, 3.8) is 0 Å². The molecule has 0 radical (unpaired) electrons. The second kappa shape index (κ2) is 6.49. The van der Waals surface area contributed by atoms with Gasteiger partial charge in [0, 0.05) is 13.5 Å². The van der Waals surface area contributed by atoms with Gasteiger partial charge in [0.05, 0.1) is 11.4 Å². The van der Waals surface area contributed by atoms with E-state index in [-0.39, 0.29) is 31.2 Å². The molecule has 0 bridgehead atoms. The molecule has 1 fully saturated rings. The molecular formula is C13H15N3O4S. The number of nitrogens with one attached hydrogen (secondary N) is 2. The number of piperidine rings is 1. The van der Waals surface area contributed by atoms with Gasteiger partial charge in [0.15, 0.2) is 0 Å². The highest BCUT2D eigenvalue weighted by Gasteiger charge is 2.28. The van der Waals surface area contributed by atoms with E-state index in [0.29, 0.717) is 4.88 Å². The number of amides is 4. The maximum Gasteiger partial charge on any atom is 0.264 e. The second-order valence-electron chi connectivity index (χ2n) is 4.71. The van der Waals surface area contributed by atoms with E-state index in [4.69, 9.17) is 0 Å². The van der Waals surface area contributed by atoms with Crippen molar-refractivity contribution in [2.45, 2.75) is 18.9 Å². The molecule has 1 unspecified atom stereocenters. The predicted octanol–water partition coefficient (Wildman–Crippen LogP) is -0.259. The van der Waals surface area contributed by atoms with Gasteiger partial charge in [-0.25, -0.2) is 0 Å². The first-order chi connectivity index (χ1) is 9.97. The van der Waals surface area contributed by atoms with E-state index in [0.717, 1.165) is 0 Å². The molecule has 8 heteroatoms. The zero-order chi connectivity index (χ0) is 15.4. The van der Waals surface area contributed by atoms with E-state index >= 15 is 0 Å². The number of carbonyl (C=O) groups is 4. The molecule has 1 saturated heterocycles. The summed E-state index contributed by atoms with van der Waals surface area (Å²) in [6.07, 6.45) is 0.472. The molecule has 0 aromatic carbocycles. The van der Waals surface area contributed by atoms with Crippen LogP contribution in [0.1, 0.15) is 22.5 Å². The van der Waals surface area contributed by atoms with Crippen molar-refractivity contribution in [2.24, 2.45) is 0 Å². The average molecular weight is 309 g/mol. The lowest BCUT2D eigenvalue weighted by molar-refractivity contribution is -0.137. The molecule has 0 spiro atoms. The number of rotatable bonds is 4. The van der Waals surface area contributed by atoms with Crippen LogP contribution in [0.4, 0.5) is 0 Å². The van der Waals surface area contributed by atoms with Crippen LogP contribution in [0.3, 0.4) is 0 Å². The van der Waals surface area contributed by atoms with Crippen molar-refractivity contribution in [1.82, 2.24) is 15.5 Å². The number of likely N-dealkylation sites (N-methyl/N-ethyl adjacent to an activating group) is 1. The van der Waals surface area contributed by atoms with Gasteiger partial charge >= 0.3 is 0 Å². The summed E-state index contributed by atoms with van der Waals surface area (Å²) in [6.45, 7) is -0.144. The summed E-state index contributed by atoms with van der Waals surface area (Å²) in [5.74, 6) is -1.53. The number of hydrogen-bond acceptors (Lipinski definition) is 5. The van der Waals surface area contributed by atoms with Crippen LogP contribution < -0.4 is 10.6 Å². The van der Waals surface area contributed by atoms with E-state index in [9.17, 15) is 19.2 Å². The lowest BCUT2D eigenvalue weighted by Crippen LogP contribution is -2.53. The van der Waals surface area contributed by atoms with Crippen LogP contribution >= 0.6 is 11.3 Å². The highest BCUT2D eigenvalue weighted by molar-refractivity contribution is 7.12. The fourth-order valence-corrected chi connectivity index (χ4v) is 2.66. The van der Waals surface area contributed by atoms with Gasteiger partial charge in [0.1, 0.15) is 6.04 Å². The molecule has 1 aromatic heterocycles. The molecular weight excluding hydrogens is 294 g/mol. The van der Waals surface area contributed by atoms with E-state index in [1.54, 1.807) is 17.5 Å². The number of imide groups is 1. The third kappa shape index (κ3) is 3.88. The fourth-order valence-electron chi connectivity index (χ4n) is 1.95. The van der Waals surface area contributed by atoms with E-state index in [2.05, 4.69) is 10.6 Å². The first-order valence-electron chi connectivity index (χ1n) is 6.39. The Balaban J connectivity index is 1.85. The first-order valence-corrected chi connectivity index (χ1v) is 7.27. The summed E-state index contributed by atoms with van der Waals surface area (Å²) in [5.41, 5.74) is 0. The highest BCUT2D eigenvalue weighted by atomic mass is 32.1. The van der Waals surface area contributed by atoms with Crippen LogP contribution in [-0.2, 0) is 14.4 Å². The Bertz CT molecular complexity index is 570. The highest BCUT2D eigenvalue weighted by Crippen LogP contribution is 2.11. The summed E-state index contributed by atoms with van der Waals surface area (Å²) in [6, 6.07) is 2.72. The minimum absolute atomic E-state index is 0.144. The van der Waals surface area contributed by atoms with Crippen LogP contribution in [0.5, 0.6) is 0 Å². The van der Waals surface area contributed by atoms with Gasteiger partial charge < -0.3 is 10.2 Å². The maximum absolute atomic E-state index is 12.0. The van der Waals surface area contributed by atoms with Gasteiger partial charge in [-0.2, -0.15) is 0 Å². The minimum Gasteiger partial charge on any atom is -0.343 e. The normalized spacial score (nSPS) is 18.0. The molecule has 112 valence electrons. The van der Waals surface area contributed by atoms with Gasteiger partial charge in [0.25, 0.3) is 5.91 Å². The Morgan fingerprint density at radius 2 is 2.24 bits per heavy atom. The van der Waals surface area contributed by atoms with Gasteiger partial charge in [-0.1, -0.05) is 6.07 Å². The molecule has 2 rings (SSSR count). The molecule has 1 aliphatic heterocycles. The largest absolute Gasteiger partial charge is 0.343 e. The minimum atomic E-state index is -0.722. The van der Waals surface area contributed by atoms with Crippen molar-refractivity contribution >= 4 is 35.0 Å². The maximum atomic E-state index is 12.0. The number of nitrogens with zero attached hydrogens (tertiary/aromatic N) is 1. The average Bonchev–Trinajstić information content (AvgIpc) is 2.95. The second-order valence-corrected chi connectivity index (χ2v) is 5.66. The lowest BCUT2D eigenvalue weighted by Gasteiger charge is -2.23. The Labute approximate surface area is 125 Å². The smallest absolute Gasteiger partial charge is 0.264 e. The van der Waals surface area contributed by atoms with E-state index in [1.807, 2.05) is 0 Å². The summed E-state index contributed by atoms with van der Waals surface area (Å²) in [4.78, 5) is 48.2. The van der Waals surface area contributed by atoms with Crippen LogP contribution in [0.15, 0.2) is 17.5 Å². The third-order valence-corrected chi connectivity index (χ3v) is 3.89. The van der Waals surface area contributed by atoms with Crippen LogP contribution in [-0.4, -0.2) is 48.2 Å². The van der Waals surface area contributed by atoms with Gasteiger partial charge in [-0.15, -0.1) is 11.3 Å². The standard InChI is InChI=1S/C13H15N3O4S/c1-16(13(20)9-3-2-6-21-9)7-11(18)14-8-4-5-10(17)15-12(8)19/h2-3,6,8H,4-5,7H2,1H3,(H,14,18)(H,15,17,19). The molecule has 1 atom stereocenters. The molecule has 2 N–H and O–H groups in total. The topological polar surface area (TPSA) is 95.6 Å². The monoisotopic (exact) mass is 309 g/mol. The lowest BCUT2D eigenvalue weighted by atomic mass is 10.1. The molecule has 1 aliphatic rings. The Kier molecular flexibility index (Phi) is 4.69. The zero-order valence-electron chi connectivity index (χ0n) is 11.4. The zero-order valence-corrected chi connectivity index (χ0v) is 12.2. The fraction of sp³-hybridized carbons (Fsp3) is 0.385. The molecule has 7 nitrogen and oxygen atoms in total. The quantitative estimate of drug-likeness (QED) is 0.749. The summed E-state index contributed by atoms with van der Waals surface area (Å²) in [5, 5.41) is 6.47. The predicted molar refractivity (Wildman–Crippen MR) is 75.6 cm³/mol. The Morgan fingerprint density at radius 1 is 1.48 bits per heavy atom. The van der Waals surface area contributed by atoms with Crippen LogP contribution in [0.2, 0.25) is 0 Å². The van der Waals surface area contributed by atoms with Crippen molar-refractivity contribution in [1.29, 1.82) is 0 Å². The van der Waals surface area contributed by atoms with Crippen LogP contribution in [0, 0.1) is 0 Å². The van der Waals surface area contributed by atoms with E-state index < -0.39 is 17.9 Å². The van der Waals surface area contributed by atoms with Gasteiger partial charge in [-0.05, 0) is 17.9 Å². The molecule has 0 saturated carbocycles. The van der Waals surface area contributed by atoms with E-state index in [1.165, 1.54) is 23.3 Å². The van der Waals surface area contributed by atoms with Gasteiger partial charge in [-0.3, -0.25) is 24.5 Å². The van der Waals surface area contributed by atoms with Crippen molar-refractivity contribution in [3.05, 3.63) is 22.4 Å². The molecule has 0 aliphatic carbocycles. The Morgan fingerprint density at radius 3 is 2.86 bits per heavy atom. The number of carbonyl (C=O) groups excluding carboxylic acids is 4.